The summed E-state index contributed by atoms with van der Waals surface area (Å²) in [5, 5.41) is 2.19. The molecule has 1 aromatic heterocycles. The summed E-state index contributed by atoms with van der Waals surface area (Å²) in [7, 11) is 1.47. The standard InChI is InChI=1S/C7H6O3S/c1-10-7-5(2-3-11-7)6(9)4-8/h2-4H,1H3. The fraction of sp³-hybridized carbons (Fsp3) is 0.143. The molecule has 58 valence electrons. The highest BCUT2D eigenvalue weighted by molar-refractivity contribution is 7.12. The summed E-state index contributed by atoms with van der Waals surface area (Å²) < 4.78 is 4.85. The molecule has 3 nitrogen and oxygen atoms in total. The van der Waals surface area contributed by atoms with Crippen molar-refractivity contribution in [1.82, 2.24) is 0 Å². The van der Waals surface area contributed by atoms with Crippen LogP contribution in [0.25, 0.3) is 0 Å². The number of ketones is 1. The Morgan fingerprint density at radius 1 is 1.73 bits per heavy atom. The summed E-state index contributed by atoms with van der Waals surface area (Å²) in [4.78, 5) is 20.9. The van der Waals surface area contributed by atoms with E-state index in [0.29, 0.717) is 10.6 Å². The van der Waals surface area contributed by atoms with Gasteiger partial charge in [0.15, 0.2) is 11.3 Å². The van der Waals surface area contributed by atoms with Crippen LogP contribution in [0.5, 0.6) is 5.06 Å². The Kier molecular flexibility index (Phi) is 2.38. The highest BCUT2D eigenvalue weighted by Gasteiger charge is 2.11. The minimum Gasteiger partial charge on any atom is -0.487 e. The van der Waals surface area contributed by atoms with Crippen molar-refractivity contribution in [3.05, 3.63) is 17.0 Å². The Balaban J connectivity index is 3.01. The largest absolute Gasteiger partial charge is 0.487 e. The Labute approximate surface area is 67.6 Å². The molecule has 0 N–H and O–H groups in total. The van der Waals surface area contributed by atoms with Gasteiger partial charge in [-0.15, -0.1) is 11.3 Å². The number of carbonyl (C=O) groups excluding carboxylic acids is 2. The molecule has 0 unspecified atom stereocenters. The number of ether oxygens (including phenoxy) is 1. The number of Topliss-reactive ketones (excluding diaryl/α,β-unsaturated/α-hetero) is 1. The van der Waals surface area contributed by atoms with E-state index in [2.05, 4.69) is 0 Å². The van der Waals surface area contributed by atoms with Crippen LogP contribution in [-0.2, 0) is 4.79 Å². The first-order valence-electron chi connectivity index (χ1n) is 2.90. The predicted molar refractivity (Wildman–Crippen MR) is 41.3 cm³/mol. The highest BCUT2D eigenvalue weighted by Crippen LogP contribution is 2.25. The Bertz CT molecular complexity index is 277. The lowest BCUT2D eigenvalue weighted by Crippen LogP contribution is -1.99. The van der Waals surface area contributed by atoms with Crippen LogP contribution >= 0.6 is 11.3 Å². The van der Waals surface area contributed by atoms with Crippen LogP contribution in [0, 0.1) is 0 Å². The Morgan fingerprint density at radius 3 is 3.00 bits per heavy atom. The van der Waals surface area contributed by atoms with Crippen molar-refractivity contribution in [2.24, 2.45) is 0 Å². The number of thiophene rings is 1. The SMILES string of the molecule is COc1sccc1C(=O)C=O. The third kappa shape index (κ3) is 1.46. The van der Waals surface area contributed by atoms with Crippen molar-refractivity contribution in [1.29, 1.82) is 0 Å². The van der Waals surface area contributed by atoms with Gasteiger partial charge < -0.3 is 4.74 Å². The lowest BCUT2D eigenvalue weighted by atomic mass is 10.2. The zero-order valence-electron chi connectivity index (χ0n) is 5.87. The number of aldehydes is 1. The summed E-state index contributed by atoms with van der Waals surface area (Å²) in [5.41, 5.74) is 0.340. The molecule has 1 rings (SSSR count). The third-order valence-electron chi connectivity index (χ3n) is 1.19. The van der Waals surface area contributed by atoms with E-state index in [1.54, 1.807) is 11.4 Å². The number of rotatable bonds is 3. The molecule has 0 aliphatic heterocycles. The molecule has 11 heavy (non-hydrogen) atoms. The molecule has 1 aromatic rings. The fourth-order valence-corrected chi connectivity index (χ4v) is 1.42. The van der Waals surface area contributed by atoms with Gasteiger partial charge in [0.05, 0.1) is 12.7 Å². The molecule has 0 fully saturated rings. The quantitative estimate of drug-likeness (QED) is 0.388. The van der Waals surface area contributed by atoms with Crippen LogP contribution in [0.15, 0.2) is 11.4 Å². The molecule has 0 spiro atoms. The molecular weight excluding hydrogens is 164 g/mol. The average Bonchev–Trinajstić information content (AvgIpc) is 2.50. The van der Waals surface area contributed by atoms with Crippen LogP contribution in [0.4, 0.5) is 0 Å². The maximum Gasteiger partial charge on any atom is 0.230 e. The molecule has 0 amide bonds. The molecule has 0 saturated heterocycles. The first-order chi connectivity index (χ1) is 5.29. The van der Waals surface area contributed by atoms with Crippen molar-refractivity contribution >= 4 is 23.4 Å². The molecule has 0 aromatic carbocycles. The fourth-order valence-electron chi connectivity index (χ4n) is 0.700. The maximum absolute atomic E-state index is 10.8. The van der Waals surface area contributed by atoms with Crippen molar-refractivity contribution < 1.29 is 14.3 Å². The molecule has 0 atom stereocenters. The van der Waals surface area contributed by atoms with Gasteiger partial charge in [0.25, 0.3) is 0 Å². The van der Waals surface area contributed by atoms with E-state index >= 15 is 0 Å². The zero-order chi connectivity index (χ0) is 8.27. The number of carbonyl (C=O) groups is 2. The summed E-state index contributed by atoms with van der Waals surface area (Å²) in [5.74, 6) is -0.539. The van der Waals surface area contributed by atoms with Gasteiger partial charge in [-0.25, -0.2) is 0 Å². The second-order valence-corrected chi connectivity index (χ2v) is 2.69. The maximum atomic E-state index is 10.8. The molecule has 1 heterocycles. The van der Waals surface area contributed by atoms with E-state index in [1.807, 2.05) is 0 Å². The van der Waals surface area contributed by atoms with Gasteiger partial charge in [0, 0.05) is 0 Å². The first kappa shape index (κ1) is 7.94. The zero-order valence-corrected chi connectivity index (χ0v) is 6.68. The van der Waals surface area contributed by atoms with Crippen molar-refractivity contribution in [3.8, 4) is 5.06 Å². The molecule has 0 bridgehead atoms. The van der Waals surface area contributed by atoms with Crippen LogP contribution in [0.2, 0.25) is 0 Å². The lowest BCUT2D eigenvalue weighted by molar-refractivity contribution is -0.104. The van der Waals surface area contributed by atoms with E-state index in [9.17, 15) is 9.59 Å². The number of hydrogen-bond acceptors (Lipinski definition) is 4. The molecule has 0 aliphatic carbocycles. The summed E-state index contributed by atoms with van der Waals surface area (Å²) >= 11 is 1.29. The van der Waals surface area contributed by atoms with E-state index < -0.39 is 5.78 Å². The molecule has 4 heteroatoms. The Hall–Kier alpha value is -1.16. The highest BCUT2D eigenvalue weighted by atomic mass is 32.1. The first-order valence-corrected chi connectivity index (χ1v) is 3.78. The van der Waals surface area contributed by atoms with Crippen molar-refractivity contribution in [3.63, 3.8) is 0 Å². The predicted octanol–water partition coefficient (Wildman–Crippen LogP) is 1.14. The van der Waals surface area contributed by atoms with Crippen LogP contribution in [0.3, 0.4) is 0 Å². The van der Waals surface area contributed by atoms with Gasteiger partial charge >= 0.3 is 0 Å². The lowest BCUT2D eigenvalue weighted by Gasteiger charge is -1.94. The minimum absolute atomic E-state index is 0.282. The topological polar surface area (TPSA) is 43.4 Å². The van der Waals surface area contributed by atoms with Crippen molar-refractivity contribution in [2.45, 2.75) is 0 Å². The smallest absolute Gasteiger partial charge is 0.230 e. The minimum atomic E-state index is -0.539. The van der Waals surface area contributed by atoms with Gasteiger partial charge in [0.2, 0.25) is 5.78 Å². The second kappa shape index (κ2) is 3.30. The average molecular weight is 170 g/mol. The van der Waals surface area contributed by atoms with Gasteiger partial charge in [-0.2, -0.15) is 0 Å². The molecular formula is C7H6O3S. The molecule has 0 saturated carbocycles. The third-order valence-corrected chi connectivity index (χ3v) is 2.06. The van der Waals surface area contributed by atoms with E-state index in [0.717, 1.165) is 0 Å². The normalized spacial score (nSPS) is 9.18. The van der Waals surface area contributed by atoms with Crippen molar-refractivity contribution in [2.75, 3.05) is 7.11 Å². The monoisotopic (exact) mass is 170 g/mol. The summed E-state index contributed by atoms with van der Waals surface area (Å²) in [6, 6.07) is 1.57. The van der Waals surface area contributed by atoms with Gasteiger partial charge in [-0.05, 0) is 11.4 Å². The van der Waals surface area contributed by atoms with Gasteiger partial charge in [-0.1, -0.05) is 0 Å². The summed E-state index contributed by atoms with van der Waals surface area (Å²) in [6.07, 6.45) is 0.282. The molecule has 0 radical (unpaired) electrons. The van der Waals surface area contributed by atoms with Gasteiger partial charge in [0.1, 0.15) is 0 Å². The number of hydrogen-bond donors (Lipinski definition) is 0. The van der Waals surface area contributed by atoms with Crippen LogP contribution in [-0.4, -0.2) is 19.2 Å². The van der Waals surface area contributed by atoms with Crippen LogP contribution < -0.4 is 4.74 Å². The van der Waals surface area contributed by atoms with Gasteiger partial charge in [-0.3, -0.25) is 9.59 Å². The van der Waals surface area contributed by atoms with E-state index in [-0.39, 0.29) is 6.29 Å². The van der Waals surface area contributed by atoms with E-state index in [4.69, 9.17) is 4.74 Å². The number of methoxy groups -OCH3 is 1. The Morgan fingerprint density at radius 2 is 2.45 bits per heavy atom. The van der Waals surface area contributed by atoms with E-state index in [1.165, 1.54) is 18.4 Å². The summed E-state index contributed by atoms with van der Waals surface area (Å²) in [6.45, 7) is 0. The molecule has 0 aliphatic rings. The second-order valence-electron chi connectivity index (χ2n) is 1.81. The van der Waals surface area contributed by atoms with Crippen LogP contribution in [0.1, 0.15) is 10.4 Å².